The molecule has 0 spiro atoms. The van der Waals surface area contributed by atoms with E-state index in [9.17, 15) is 0 Å². The fourth-order valence-electron chi connectivity index (χ4n) is 1.63. The molecule has 0 amide bonds. The largest absolute Gasteiger partial charge is 0.370 e. The van der Waals surface area contributed by atoms with Crippen LogP contribution in [-0.4, -0.2) is 21.7 Å². The summed E-state index contributed by atoms with van der Waals surface area (Å²) in [5, 5.41) is 12.6. The molecule has 2 rings (SSSR count). The molecule has 0 aliphatic heterocycles. The van der Waals surface area contributed by atoms with Crippen LogP contribution < -0.4 is 0 Å². The molecule has 0 bridgehead atoms. The molecule has 1 unspecified atom stereocenters. The van der Waals surface area contributed by atoms with Crippen molar-refractivity contribution in [3.8, 4) is 17.7 Å². The lowest BCUT2D eigenvalue weighted by Gasteiger charge is -2.09. The zero-order valence-corrected chi connectivity index (χ0v) is 10.3. The van der Waals surface area contributed by atoms with Crippen LogP contribution in [0, 0.1) is 11.3 Å². The number of hydrogen-bond donors (Lipinski definition) is 1. The fraction of sp³-hybridized carbons (Fsp3) is 0.417. The molecule has 0 aliphatic carbocycles. The molecule has 1 atom stereocenters. The van der Waals surface area contributed by atoms with Gasteiger partial charge in [-0.05, 0) is 19.4 Å². The summed E-state index contributed by atoms with van der Waals surface area (Å²) in [6.07, 6.45) is 2.22. The normalized spacial score (nSPS) is 12.3. The highest BCUT2D eigenvalue weighted by atomic mass is 16.5. The summed E-state index contributed by atoms with van der Waals surface area (Å²) >= 11 is 0. The van der Waals surface area contributed by atoms with E-state index >= 15 is 0 Å². The number of hydrogen-bond acceptors (Lipinski definition) is 5. The number of rotatable bonds is 5. The molecule has 6 heteroatoms. The summed E-state index contributed by atoms with van der Waals surface area (Å²) < 4.78 is 10.7. The van der Waals surface area contributed by atoms with Crippen molar-refractivity contribution in [1.82, 2.24) is 15.1 Å². The maximum Gasteiger partial charge on any atom is 0.274 e. The summed E-state index contributed by atoms with van der Waals surface area (Å²) in [5.74, 6) is 0.895. The molecule has 0 saturated carbocycles. The van der Waals surface area contributed by atoms with E-state index in [-0.39, 0.29) is 6.10 Å². The second-order valence-electron chi connectivity index (χ2n) is 3.72. The van der Waals surface area contributed by atoms with E-state index in [1.165, 1.54) is 0 Å². The molecule has 2 aromatic heterocycles. The van der Waals surface area contributed by atoms with Gasteiger partial charge in [0.2, 0.25) is 5.82 Å². The summed E-state index contributed by atoms with van der Waals surface area (Å²) in [6, 6.07) is 3.70. The predicted octanol–water partition coefficient (Wildman–Crippen LogP) is 2.42. The zero-order chi connectivity index (χ0) is 13.0. The maximum atomic E-state index is 8.74. The van der Waals surface area contributed by atoms with E-state index < -0.39 is 0 Å². The van der Waals surface area contributed by atoms with Gasteiger partial charge in [0.15, 0.2) is 0 Å². The number of nitriles is 1. The Morgan fingerprint density at radius 3 is 3.00 bits per heavy atom. The summed E-state index contributed by atoms with van der Waals surface area (Å²) in [5.41, 5.74) is 1.17. The van der Waals surface area contributed by atoms with Crippen molar-refractivity contribution >= 4 is 0 Å². The third-order valence-corrected chi connectivity index (χ3v) is 2.51. The lowest BCUT2D eigenvalue weighted by atomic mass is 10.2. The molecule has 18 heavy (non-hydrogen) atoms. The van der Waals surface area contributed by atoms with E-state index in [0.29, 0.717) is 29.6 Å². The monoisotopic (exact) mass is 246 g/mol. The van der Waals surface area contributed by atoms with Crippen LogP contribution in [0.3, 0.4) is 0 Å². The van der Waals surface area contributed by atoms with E-state index in [1.54, 1.807) is 12.3 Å². The van der Waals surface area contributed by atoms with E-state index in [1.807, 2.05) is 19.9 Å². The van der Waals surface area contributed by atoms with Crippen molar-refractivity contribution < 1.29 is 9.26 Å². The molecular weight excluding hydrogens is 232 g/mol. The average molecular weight is 246 g/mol. The smallest absolute Gasteiger partial charge is 0.274 e. The Kier molecular flexibility index (Phi) is 3.75. The quantitative estimate of drug-likeness (QED) is 0.875. The number of H-pyrrole nitrogens is 1. The lowest BCUT2D eigenvalue weighted by Crippen LogP contribution is -2.04. The predicted molar refractivity (Wildman–Crippen MR) is 63.5 cm³/mol. The summed E-state index contributed by atoms with van der Waals surface area (Å²) in [6.45, 7) is 4.52. The van der Waals surface area contributed by atoms with Crippen LogP contribution in [0.5, 0.6) is 0 Å². The number of nitrogens with one attached hydrogen (secondary N) is 1. The van der Waals surface area contributed by atoms with E-state index in [2.05, 4.69) is 15.1 Å². The molecule has 1 N–H and O–H groups in total. The second kappa shape index (κ2) is 5.47. The van der Waals surface area contributed by atoms with E-state index in [0.717, 1.165) is 6.42 Å². The Labute approximate surface area is 105 Å². The highest BCUT2D eigenvalue weighted by Gasteiger charge is 2.18. The summed E-state index contributed by atoms with van der Waals surface area (Å²) in [7, 11) is 0. The van der Waals surface area contributed by atoms with Gasteiger partial charge in [0.1, 0.15) is 17.9 Å². The Morgan fingerprint density at radius 2 is 2.39 bits per heavy atom. The third kappa shape index (κ3) is 2.41. The number of ether oxygens (including phenoxy) is 1. The Bertz CT molecular complexity index is 552. The minimum atomic E-state index is -0.155. The van der Waals surface area contributed by atoms with Gasteiger partial charge >= 0.3 is 0 Å². The Morgan fingerprint density at radius 1 is 1.56 bits per heavy atom. The van der Waals surface area contributed by atoms with Crippen molar-refractivity contribution in [3.63, 3.8) is 0 Å². The van der Waals surface area contributed by atoms with Gasteiger partial charge < -0.3 is 14.2 Å². The van der Waals surface area contributed by atoms with Gasteiger partial charge in [-0.15, -0.1) is 0 Å². The van der Waals surface area contributed by atoms with Gasteiger partial charge in [0.05, 0.1) is 5.56 Å². The highest BCUT2D eigenvalue weighted by molar-refractivity contribution is 5.51. The average Bonchev–Trinajstić information content (AvgIpc) is 3.03. The van der Waals surface area contributed by atoms with Crippen LogP contribution in [0.4, 0.5) is 0 Å². The van der Waals surface area contributed by atoms with Crippen molar-refractivity contribution in [3.05, 3.63) is 23.7 Å². The molecule has 2 heterocycles. The Hall–Kier alpha value is -2.13. The van der Waals surface area contributed by atoms with Gasteiger partial charge in [-0.1, -0.05) is 12.1 Å². The fourth-order valence-corrected chi connectivity index (χ4v) is 1.63. The van der Waals surface area contributed by atoms with Gasteiger partial charge in [0.25, 0.3) is 5.89 Å². The molecule has 0 aromatic carbocycles. The third-order valence-electron chi connectivity index (χ3n) is 2.51. The molecule has 0 radical (unpaired) electrons. The standard InChI is InChI=1S/C12H14N4O2/c1-3-10(17-4-2)11-15-12(18-16-11)9-5-8(6-13)7-14-9/h5,7,10,14H,3-4H2,1-2H3. The van der Waals surface area contributed by atoms with Gasteiger partial charge in [-0.3, -0.25) is 0 Å². The van der Waals surface area contributed by atoms with Crippen LogP contribution in [0.15, 0.2) is 16.8 Å². The Balaban J connectivity index is 2.22. The van der Waals surface area contributed by atoms with Crippen LogP contribution >= 0.6 is 0 Å². The molecule has 0 fully saturated rings. The van der Waals surface area contributed by atoms with Crippen LogP contribution in [0.2, 0.25) is 0 Å². The first-order valence-corrected chi connectivity index (χ1v) is 5.82. The molecular formula is C12H14N4O2. The maximum absolute atomic E-state index is 8.74. The van der Waals surface area contributed by atoms with Crippen LogP contribution in [0.1, 0.15) is 37.8 Å². The second-order valence-corrected chi connectivity index (χ2v) is 3.72. The number of nitrogens with zero attached hydrogens (tertiary/aromatic N) is 3. The topological polar surface area (TPSA) is 87.7 Å². The van der Waals surface area contributed by atoms with Crippen molar-refractivity contribution in [2.24, 2.45) is 0 Å². The first-order valence-electron chi connectivity index (χ1n) is 5.82. The molecule has 94 valence electrons. The van der Waals surface area contributed by atoms with Gasteiger partial charge in [-0.25, -0.2) is 0 Å². The SMILES string of the molecule is CCOC(CC)c1noc(-c2cc(C#N)c[nH]2)n1. The van der Waals surface area contributed by atoms with Crippen molar-refractivity contribution in [1.29, 1.82) is 5.26 Å². The minimum absolute atomic E-state index is 0.155. The molecule has 6 nitrogen and oxygen atoms in total. The molecule has 0 saturated heterocycles. The molecule has 2 aromatic rings. The van der Waals surface area contributed by atoms with Crippen LogP contribution in [-0.2, 0) is 4.74 Å². The van der Waals surface area contributed by atoms with E-state index in [4.69, 9.17) is 14.5 Å². The van der Waals surface area contributed by atoms with Crippen molar-refractivity contribution in [2.75, 3.05) is 6.61 Å². The zero-order valence-electron chi connectivity index (χ0n) is 10.3. The number of aromatic nitrogens is 3. The minimum Gasteiger partial charge on any atom is -0.370 e. The van der Waals surface area contributed by atoms with Crippen LogP contribution in [0.25, 0.3) is 11.6 Å². The molecule has 0 aliphatic rings. The first kappa shape index (κ1) is 12.3. The van der Waals surface area contributed by atoms with Gasteiger partial charge in [-0.2, -0.15) is 10.2 Å². The highest BCUT2D eigenvalue weighted by Crippen LogP contribution is 2.22. The summed E-state index contributed by atoms with van der Waals surface area (Å²) in [4.78, 5) is 7.19. The lowest BCUT2D eigenvalue weighted by molar-refractivity contribution is 0.0518. The van der Waals surface area contributed by atoms with Gasteiger partial charge in [0, 0.05) is 12.8 Å². The first-order chi connectivity index (χ1) is 8.78. The number of aromatic amines is 1. The van der Waals surface area contributed by atoms with Crippen molar-refractivity contribution in [2.45, 2.75) is 26.4 Å².